The Morgan fingerprint density at radius 1 is 1.13 bits per heavy atom. The Labute approximate surface area is 228 Å². The maximum Gasteiger partial charge on any atom is 0.261 e. The number of carbonyl (C=O) groups excluding carboxylic acids is 2. The first kappa shape index (κ1) is 29.1. The molecule has 0 saturated heterocycles. The van der Waals surface area contributed by atoms with Crippen LogP contribution in [0.15, 0.2) is 59.1 Å². The summed E-state index contributed by atoms with van der Waals surface area (Å²) in [6.07, 6.45) is 2.46. The van der Waals surface area contributed by atoms with Gasteiger partial charge in [-0.05, 0) is 70.5 Å². The maximum absolute atomic E-state index is 14.9. The van der Waals surface area contributed by atoms with Crippen molar-refractivity contribution in [2.24, 2.45) is 0 Å². The monoisotopic (exact) mass is 541 g/mol. The van der Waals surface area contributed by atoms with Crippen LogP contribution in [0.3, 0.4) is 0 Å². The molecular formula is C28H36FN5O3S. The number of ether oxygens (including phenoxy) is 1. The second kappa shape index (κ2) is 12.8. The van der Waals surface area contributed by atoms with Crippen molar-refractivity contribution < 1.29 is 18.7 Å². The number of nitrogens with zero attached hydrogens (tertiary/aromatic N) is 2. The van der Waals surface area contributed by atoms with Gasteiger partial charge in [-0.2, -0.15) is 0 Å². The Hall–Kier alpha value is -3.50. The third-order valence-corrected chi connectivity index (χ3v) is 6.74. The molecular weight excluding hydrogens is 505 g/mol. The minimum absolute atomic E-state index is 0.0997. The van der Waals surface area contributed by atoms with E-state index in [2.05, 4.69) is 14.8 Å². The topological polar surface area (TPSA) is 85.9 Å². The van der Waals surface area contributed by atoms with Crippen LogP contribution in [-0.2, 0) is 9.59 Å². The van der Waals surface area contributed by atoms with Crippen molar-refractivity contribution in [2.45, 2.75) is 39.7 Å². The Kier molecular flexibility index (Phi) is 9.82. The molecule has 0 aliphatic heterocycles. The van der Waals surface area contributed by atoms with Crippen LogP contribution in [0.25, 0.3) is 0 Å². The minimum atomic E-state index is -0.457. The van der Waals surface area contributed by atoms with Gasteiger partial charge in [0.05, 0.1) is 11.4 Å². The number of amides is 1. The third-order valence-electron chi connectivity index (χ3n) is 6.21. The van der Waals surface area contributed by atoms with Crippen molar-refractivity contribution in [3.63, 3.8) is 0 Å². The van der Waals surface area contributed by atoms with E-state index in [1.807, 2.05) is 19.1 Å². The minimum Gasteiger partial charge on any atom is -0.456 e. The van der Waals surface area contributed by atoms with Crippen LogP contribution >= 0.6 is 12.1 Å². The predicted octanol–water partition coefficient (Wildman–Crippen LogP) is 4.99. The van der Waals surface area contributed by atoms with Crippen LogP contribution in [0.4, 0.5) is 15.8 Å². The lowest BCUT2D eigenvalue weighted by atomic mass is 10.1. The Bertz CT molecular complexity index is 1260. The molecule has 1 aliphatic rings. The second-order valence-electron chi connectivity index (χ2n) is 9.44. The average Bonchev–Trinajstić information content (AvgIpc) is 3.73. The number of nitrogens with one attached hydrogen (secondary N) is 3. The highest BCUT2D eigenvalue weighted by Gasteiger charge is 2.35. The van der Waals surface area contributed by atoms with Crippen molar-refractivity contribution in [3.8, 4) is 5.75 Å². The molecule has 0 atom stereocenters. The zero-order chi connectivity index (χ0) is 28.0. The molecule has 0 aromatic heterocycles. The van der Waals surface area contributed by atoms with Gasteiger partial charge in [-0.1, -0.05) is 12.1 Å². The SMILES string of the molecule is CNSNc1cccc(OC(=C(\C)C=O)/C(C(=O)N(C)C2CC2)=C(/Nc2ccc(C)cc2F)N(C)C)c1C. The van der Waals surface area contributed by atoms with Crippen LogP contribution in [0.5, 0.6) is 5.75 Å². The Morgan fingerprint density at radius 2 is 1.84 bits per heavy atom. The van der Waals surface area contributed by atoms with Gasteiger partial charge in [0.25, 0.3) is 5.91 Å². The fourth-order valence-electron chi connectivity index (χ4n) is 3.79. The van der Waals surface area contributed by atoms with Gasteiger partial charge in [0.15, 0.2) is 0 Å². The van der Waals surface area contributed by atoms with E-state index < -0.39 is 5.82 Å². The summed E-state index contributed by atoms with van der Waals surface area (Å²) in [5.74, 6) is 0.0933. The largest absolute Gasteiger partial charge is 0.456 e. The number of allylic oxidation sites excluding steroid dienone is 1. The highest BCUT2D eigenvalue weighted by molar-refractivity contribution is 7.98. The van der Waals surface area contributed by atoms with Crippen molar-refractivity contribution in [1.29, 1.82) is 0 Å². The number of benzene rings is 2. The number of carbonyl (C=O) groups is 2. The quantitative estimate of drug-likeness (QED) is 0.114. The molecule has 0 unspecified atom stereocenters. The zero-order valence-electron chi connectivity index (χ0n) is 22.9. The summed E-state index contributed by atoms with van der Waals surface area (Å²) in [4.78, 5) is 29.4. The van der Waals surface area contributed by atoms with Gasteiger partial charge in [0, 0.05) is 50.5 Å². The lowest BCUT2D eigenvalue weighted by Gasteiger charge is -2.28. The van der Waals surface area contributed by atoms with Crippen molar-refractivity contribution >= 4 is 35.7 Å². The standard InChI is InChI=1S/C28H36FN5O3S/c1-17-11-14-23(21(29)15-17)31-27(33(5)6)25(28(36)34(7)20-12-13-20)26(18(2)16-35)37-24-10-8-9-22(19(24)3)32-38-30-4/h8-11,14-16,20,30-32H,12-13H2,1-7H3/b26-18+,27-25+. The first-order valence-corrected chi connectivity index (χ1v) is 13.1. The Morgan fingerprint density at radius 3 is 2.42 bits per heavy atom. The number of rotatable bonds is 12. The number of anilines is 2. The molecule has 3 N–H and O–H groups in total. The summed E-state index contributed by atoms with van der Waals surface area (Å²) < 4.78 is 27.4. The predicted molar refractivity (Wildman–Crippen MR) is 152 cm³/mol. The molecule has 1 saturated carbocycles. The molecule has 0 spiro atoms. The summed E-state index contributed by atoms with van der Waals surface area (Å²) in [5, 5.41) is 3.10. The normalized spacial score (nSPS) is 14.2. The van der Waals surface area contributed by atoms with Crippen LogP contribution in [0.2, 0.25) is 0 Å². The molecule has 204 valence electrons. The number of halogens is 1. The summed E-state index contributed by atoms with van der Waals surface area (Å²) in [6, 6.07) is 10.4. The highest BCUT2D eigenvalue weighted by Crippen LogP contribution is 2.34. The van der Waals surface area contributed by atoms with Gasteiger partial charge in [-0.25, -0.2) is 9.11 Å². The number of likely N-dealkylation sites (N-methyl/N-ethyl adjacent to an activating group) is 1. The molecule has 38 heavy (non-hydrogen) atoms. The van der Waals surface area contributed by atoms with Crippen molar-refractivity contribution in [2.75, 3.05) is 38.2 Å². The van der Waals surface area contributed by atoms with E-state index in [1.165, 1.54) is 18.2 Å². The number of aryl methyl sites for hydroxylation is 1. The van der Waals surface area contributed by atoms with E-state index in [-0.39, 0.29) is 34.5 Å². The molecule has 10 heteroatoms. The summed E-state index contributed by atoms with van der Waals surface area (Å²) in [7, 11) is 7.03. The molecule has 8 nitrogen and oxygen atoms in total. The van der Waals surface area contributed by atoms with Crippen molar-refractivity contribution in [3.05, 3.63) is 76.1 Å². The van der Waals surface area contributed by atoms with Crippen LogP contribution in [0, 0.1) is 19.7 Å². The molecule has 0 radical (unpaired) electrons. The molecule has 1 aliphatic carbocycles. The van der Waals surface area contributed by atoms with E-state index in [0.29, 0.717) is 17.9 Å². The molecule has 1 amide bonds. The van der Waals surface area contributed by atoms with Gasteiger partial charge >= 0.3 is 0 Å². The van der Waals surface area contributed by atoms with Crippen LogP contribution in [0.1, 0.15) is 30.9 Å². The van der Waals surface area contributed by atoms with Gasteiger partial charge in [0.1, 0.15) is 35.0 Å². The zero-order valence-corrected chi connectivity index (χ0v) is 23.8. The second-order valence-corrected chi connectivity index (χ2v) is 10.3. The van der Waals surface area contributed by atoms with Crippen LogP contribution in [-0.4, -0.2) is 56.2 Å². The van der Waals surface area contributed by atoms with E-state index in [0.717, 1.165) is 29.7 Å². The van der Waals surface area contributed by atoms with Gasteiger partial charge in [0.2, 0.25) is 0 Å². The smallest absolute Gasteiger partial charge is 0.261 e. The Balaban J connectivity index is 2.20. The first-order chi connectivity index (χ1) is 18.1. The van der Waals surface area contributed by atoms with E-state index >= 15 is 0 Å². The maximum atomic E-state index is 14.9. The highest BCUT2D eigenvalue weighted by atomic mass is 32.2. The summed E-state index contributed by atoms with van der Waals surface area (Å²) in [6.45, 7) is 5.29. The number of aldehydes is 1. The fourth-order valence-corrected chi connectivity index (χ4v) is 4.22. The van der Waals surface area contributed by atoms with E-state index in [9.17, 15) is 14.0 Å². The lowest BCUT2D eigenvalue weighted by molar-refractivity contribution is -0.126. The van der Waals surface area contributed by atoms with Gasteiger partial charge in [-0.3, -0.25) is 9.59 Å². The summed E-state index contributed by atoms with van der Waals surface area (Å²) >= 11 is 1.31. The van der Waals surface area contributed by atoms with Gasteiger partial charge in [-0.15, -0.1) is 0 Å². The fraction of sp³-hybridized carbons (Fsp3) is 0.357. The number of hydrogen-bond donors (Lipinski definition) is 3. The molecule has 2 aromatic rings. The van der Waals surface area contributed by atoms with E-state index in [4.69, 9.17) is 4.74 Å². The molecule has 1 fully saturated rings. The van der Waals surface area contributed by atoms with Gasteiger partial charge < -0.3 is 24.6 Å². The molecule has 2 aromatic carbocycles. The third kappa shape index (κ3) is 6.87. The first-order valence-electron chi connectivity index (χ1n) is 12.3. The summed E-state index contributed by atoms with van der Waals surface area (Å²) in [5.41, 5.74) is 2.94. The van der Waals surface area contributed by atoms with Crippen molar-refractivity contribution in [1.82, 2.24) is 14.5 Å². The van der Waals surface area contributed by atoms with Crippen LogP contribution < -0.4 is 19.5 Å². The molecule has 0 heterocycles. The molecule has 0 bridgehead atoms. The van der Waals surface area contributed by atoms with E-state index in [1.54, 1.807) is 70.0 Å². The average molecular weight is 542 g/mol. The number of hydrogen-bond acceptors (Lipinski definition) is 8. The molecule has 3 rings (SSSR count). The lowest BCUT2D eigenvalue weighted by Crippen LogP contribution is -2.35.